The van der Waals surface area contributed by atoms with Crippen LogP contribution in [0.25, 0.3) is 5.69 Å². The highest BCUT2D eigenvalue weighted by Crippen LogP contribution is 2.15. The first-order chi connectivity index (χ1) is 13.8. The Hall–Kier alpha value is -3.72. The Morgan fingerprint density at radius 1 is 1.14 bits per heavy atom. The van der Waals surface area contributed by atoms with Gasteiger partial charge in [-0.1, -0.05) is 17.7 Å². The first kappa shape index (κ1) is 20.0. The summed E-state index contributed by atoms with van der Waals surface area (Å²) >= 11 is 5.95. The number of nitrogens with zero attached hydrogens (tertiary/aromatic N) is 3. The summed E-state index contributed by atoms with van der Waals surface area (Å²) in [5.74, 6) is -1.90. The number of halogens is 1. The highest BCUT2D eigenvalue weighted by Gasteiger charge is 2.19. The minimum absolute atomic E-state index is 0.0106. The number of anilines is 1. The third-order valence-corrected chi connectivity index (χ3v) is 4.04. The Morgan fingerprint density at radius 3 is 2.52 bits per heavy atom. The number of carbonyl (C=O) groups excluding carboxylic acids is 3. The number of benzene rings is 2. The second-order valence-corrected chi connectivity index (χ2v) is 6.41. The zero-order valence-electron chi connectivity index (χ0n) is 15.3. The fourth-order valence-electron chi connectivity index (χ4n) is 2.40. The van der Waals surface area contributed by atoms with Crippen LogP contribution in [-0.2, 0) is 9.53 Å². The van der Waals surface area contributed by atoms with E-state index in [9.17, 15) is 14.4 Å². The summed E-state index contributed by atoms with van der Waals surface area (Å²) in [7, 11) is 0. The molecule has 0 unspecified atom stereocenters. The van der Waals surface area contributed by atoms with Crippen LogP contribution in [0, 0.1) is 6.92 Å². The number of hydrogen-bond acceptors (Lipinski definition) is 6. The van der Waals surface area contributed by atoms with Gasteiger partial charge < -0.3 is 15.8 Å². The molecular weight excluding hydrogens is 398 g/mol. The molecule has 1 aromatic heterocycles. The molecule has 0 atom stereocenters. The summed E-state index contributed by atoms with van der Waals surface area (Å²) in [4.78, 5) is 36.5. The molecule has 3 rings (SSSR count). The molecule has 0 fully saturated rings. The van der Waals surface area contributed by atoms with E-state index < -0.39 is 24.4 Å². The van der Waals surface area contributed by atoms with E-state index in [1.807, 2.05) is 0 Å². The number of nitrogens with two attached hydrogens (primary N) is 1. The molecule has 2 amide bonds. The minimum atomic E-state index is -0.782. The standard InChI is InChI=1S/C19H16ClN5O4/c1-11-17(24-25(23-11)15-4-2-3-13(20)9-15)19(28)29-10-16(26)22-14-7-5-12(6-8-14)18(21)27/h2-9H,10H2,1H3,(H2,21,27)(H,22,26). The second-order valence-electron chi connectivity index (χ2n) is 5.97. The fourth-order valence-corrected chi connectivity index (χ4v) is 2.58. The van der Waals surface area contributed by atoms with E-state index in [0.717, 1.165) is 0 Å². The number of hydrogen-bond donors (Lipinski definition) is 2. The lowest BCUT2D eigenvalue weighted by molar-refractivity contribution is -0.119. The Labute approximate surface area is 170 Å². The number of rotatable bonds is 6. The van der Waals surface area contributed by atoms with Crippen molar-refractivity contribution in [3.05, 3.63) is 70.5 Å². The van der Waals surface area contributed by atoms with Crippen LogP contribution in [0.5, 0.6) is 0 Å². The quantitative estimate of drug-likeness (QED) is 0.595. The number of nitrogens with one attached hydrogen (secondary N) is 1. The summed E-state index contributed by atoms with van der Waals surface area (Å²) in [6.45, 7) is 1.09. The van der Waals surface area contributed by atoms with Gasteiger partial charge in [-0.25, -0.2) is 4.79 Å². The van der Waals surface area contributed by atoms with Crippen molar-refractivity contribution in [3.63, 3.8) is 0 Å². The van der Waals surface area contributed by atoms with Crippen LogP contribution in [0.3, 0.4) is 0 Å². The van der Waals surface area contributed by atoms with Crippen LogP contribution >= 0.6 is 11.6 Å². The molecule has 0 aliphatic heterocycles. The van der Waals surface area contributed by atoms with Crippen molar-refractivity contribution in [1.82, 2.24) is 15.0 Å². The molecular formula is C19H16ClN5O4. The Kier molecular flexibility index (Phi) is 5.89. The number of esters is 1. The van der Waals surface area contributed by atoms with Gasteiger partial charge in [0.1, 0.15) is 0 Å². The third kappa shape index (κ3) is 4.96. The van der Waals surface area contributed by atoms with Crippen molar-refractivity contribution in [1.29, 1.82) is 0 Å². The molecule has 9 nitrogen and oxygen atoms in total. The predicted octanol–water partition coefficient (Wildman–Crippen LogP) is 2.12. The zero-order chi connectivity index (χ0) is 21.0. The van der Waals surface area contributed by atoms with E-state index in [2.05, 4.69) is 15.5 Å². The normalized spacial score (nSPS) is 10.4. The van der Waals surface area contributed by atoms with Crippen LogP contribution in [0.1, 0.15) is 26.5 Å². The average molecular weight is 414 g/mol. The number of carbonyl (C=O) groups is 3. The van der Waals surface area contributed by atoms with Crippen LogP contribution < -0.4 is 11.1 Å². The summed E-state index contributed by atoms with van der Waals surface area (Å²) in [6, 6.07) is 12.8. The smallest absolute Gasteiger partial charge is 0.361 e. The fraction of sp³-hybridized carbons (Fsp3) is 0.105. The van der Waals surface area contributed by atoms with Crippen molar-refractivity contribution in [2.24, 2.45) is 5.73 Å². The minimum Gasteiger partial charge on any atom is -0.451 e. The van der Waals surface area contributed by atoms with Gasteiger partial charge in [-0.3, -0.25) is 9.59 Å². The average Bonchev–Trinajstić information content (AvgIpc) is 3.08. The first-order valence-corrected chi connectivity index (χ1v) is 8.78. The lowest BCUT2D eigenvalue weighted by Gasteiger charge is -2.06. The molecule has 0 bridgehead atoms. The molecule has 148 valence electrons. The summed E-state index contributed by atoms with van der Waals surface area (Å²) in [6.07, 6.45) is 0. The molecule has 3 aromatic rings. The van der Waals surface area contributed by atoms with Gasteiger partial charge in [0, 0.05) is 16.3 Å². The molecule has 0 radical (unpaired) electrons. The molecule has 0 aliphatic carbocycles. The Balaban J connectivity index is 1.60. The van der Waals surface area contributed by atoms with Crippen molar-refractivity contribution in [2.45, 2.75) is 6.92 Å². The van der Waals surface area contributed by atoms with Crippen molar-refractivity contribution < 1.29 is 19.1 Å². The van der Waals surface area contributed by atoms with E-state index in [1.165, 1.54) is 29.1 Å². The van der Waals surface area contributed by atoms with Gasteiger partial charge in [0.25, 0.3) is 5.91 Å². The molecule has 10 heteroatoms. The molecule has 2 aromatic carbocycles. The van der Waals surface area contributed by atoms with E-state index in [-0.39, 0.29) is 5.69 Å². The number of primary amides is 1. The van der Waals surface area contributed by atoms with E-state index in [1.54, 1.807) is 31.2 Å². The van der Waals surface area contributed by atoms with Crippen LogP contribution in [0.4, 0.5) is 5.69 Å². The third-order valence-electron chi connectivity index (χ3n) is 3.80. The highest BCUT2D eigenvalue weighted by molar-refractivity contribution is 6.30. The molecule has 0 saturated carbocycles. The lowest BCUT2D eigenvalue weighted by atomic mass is 10.2. The van der Waals surface area contributed by atoms with E-state index in [0.29, 0.717) is 27.7 Å². The maximum Gasteiger partial charge on any atom is 0.361 e. The van der Waals surface area contributed by atoms with Crippen molar-refractivity contribution >= 4 is 35.1 Å². The van der Waals surface area contributed by atoms with Crippen molar-refractivity contribution in [3.8, 4) is 5.69 Å². The van der Waals surface area contributed by atoms with Gasteiger partial charge in [-0.05, 0) is 49.4 Å². The molecule has 0 spiro atoms. The van der Waals surface area contributed by atoms with Crippen LogP contribution in [0.2, 0.25) is 5.02 Å². The van der Waals surface area contributed by atoms with E-state index >= 15 is 0 Å². The second kappa shape index (κ2) is 8.53. The summed E-state index contributed by atoms with van der Waals surface area (Å²) < 4.78 is 5.01. The first-order valence-electron chi connectivity index (χ1n) is 8.40. The molecule has 0 saturated heterocycles. The summed E-state index contributed by atoms with van der Waals surface area (Å²) in [5.41, 5.74) is 6.81. The highest BCUT2D eigenvalue weighted by atomic mass is 35.5. The van der Waals surface area contributed by atoms with E-state index in [4.69, 9.17) is 22.1 Å². The van der Waals surface area contributed by atoms with Gasteiger partial charge in [-0.15, -0.1) is 5.10 Å². The SMILES string of the molecule is Cc1nn(-c2cccc(Cl)c2)nc1C(=O)OCC(=O)Nc1ccc(C(N)=O)cc1. The topological polar surface area (TPSA) is 129 Å². The van der Waals surface area contributed by atoms with Crippen LogP contribution in [-0.4, -0.2) is 39.4 Å². The van der Waals surface area contributed by atoms with Gasteiger partial charge in [0.2, 0.25) is 5.91 Å². The molecule has 29 heavy (non-hydrogen) atoms. The number of aromatic nitrogens is 3. The predicted molar refractivity (Wildman–Crippen MR) is 105 cm³/mol. The summed E-state index contributed by atoms with van der Waals surface area (Å²) in [5, 5.41) is 11.3. The molecule has 0 aliphatic rings. The van der Waals surface area contributed by atoms with Gasteiger partial charge in [-0.2, -0.15) is 9.90 Å². The van der Waals surface area contributed by atoms with Gasteiger partial charge >= 0.3 is 5.97 Å². The van der Waals surface area contributed by atoms with Crippen molar-refractivity contribution in [2.75, 3.05) is 11.9 Å². The largest absolute Gasteiger partial charge is 0.451 e. The maximum atomic E-state index is 12.3. The Morgan fingerprint density at radius 2 is 1.86 bits per heavy atom. The van der Waals surface area contributed by atoms with Gasteiger partial charge in [0.05, 0.1) is 11.4 Å². The Bertz CT molecular complexity index is 1080. The number of ether oxygens (including phenoxy) is 1. The monoisotopic (exact) mass is 413 g/mol. The lowest BCUT2D eigenvalue weighted by Crippen LogP contribution is -2.21. The number of amides is 2. The maximum absolute atomic E-state index is 12.3. The zero-order valence-corrected chi connectivity index (χ0v) is 16.0. The van der Waals surface area contributed by atoms with Gasteiger partial charge in [0.15, 0.2) is 12.3 Å². The molecule has 3 N–H and O–H groups in total. The van der Waals surface area contributed by atoms with Crippen LogP contribution in [0.15, 0.2) is 48.5 Å². The molecule has 1 heterocycles. The number of aryl methyl sites for hydroxylation is 1.